The third kappa shape index (κ3) is 3.00. The van der Waals surface area contributed by atoms with E-state index < -0.39 is 47.9 Å². The molecule has 0 fully saturated rings. The van der Waals surface area contributed by atoms with Crippen LogP contribution in [-0.4, -0.2) is 14.7 Å². The Morgan fingerprint density at radius 2 is 1.79 bits per heavy atom. The molecule has 128 valence electrons. The molecule has 0 spiro atoms. The molecule has 1 aromatic rings. The zero-order valence-electron chi connectivity index (χ0n) is 11.7. The highest BCUT2D eigenvalue weighted by molar-refractivity contribution is 7.94. The van der Waals surface area contributed by atoms with Gasteiger partial charge in [0.05, 0.1) is 15.6 Å². The third-order valence-corrected chi connectivity index (χ3v) is 4.69. The van der Waals surface area contributed by atoms with E-state index in [0.29, 0.717) is 12.1 Å². The minimum atomic E-state index is -4.71. The molecule has 1 aliphatic heterocycles. The number of nitrogens with two attached hydrogens (primary N) is 1. The van der Waals surface area contributed by atoms with Crippen molar-refractivity contribution in [3.63, 3.8) is 0 Å². The first-order valence-electron chi connectivity index (χ1n) is 5.95. The second-order valence-electron chi connectivity index (χ2n) is 4.84. The van der Waals surface area contributed by atoms with Gasteiger partial charge in [0.15, 0.2) is 20.5 Å². The van der Waals surface area contributed by atoms with Crippen molar-refractivity contribution in [3.05, 3.63) is 43.9 Å². The maximum absolute atomic E-state index is 12.8. The van der Waals surface area contributed by atoms with E-state index in [9.17, 15) is 26.9 Å². The zero-order valence-corrected chi connectivity index (χ0v) is 14.0. The fourth-order valence-electron chi connectivity index (χ4n) is 2.06. The van der Waals surface area contributed by atoms with Crippen LogP contribution in [-0.2, 0) is 21.7 Å². The number of hydrogen-bond acceptors (Lipinski definition) is 6. The Kier molecular flexibility index (Phi) is 4.43. The van der Waals surface area contributed by atoms with Crippen molar-refractivity contribution >= 4 is 33.0 Å². The number of rotatable bonds is 2. The van der Waals surface area contributed by atoms with Crippen LogP contribution in [0.5, 0.6) is 0 Å². The molecule has 0 amide bonds. The Labute approximate surface area is 144 Å². The average Bonchev–Trinajstić information content (AvgIpc) is 2.74. The van der Waals surface area contributed by atoms with E-state index in [2.05, 4.69) is 10.2 Å². The Balaban J connectivity index is 2.76. The van der Waals surface area contributed by atoms with Crippen LogP contribution in [0.15, 0.2) is 33.0 Å². The van der Waals surface area contributed by atoms with Gasteiger partial charge < -0.3 is 0 Å². The highest BCUT2D eigenvalue weighted by atomic mass is 35.5. The minimum Gasteiger partial charge on any atom is -0.297 e. The molecule has 0 aliphatic carbocycles. The summed E-state index contributed by atoms with van der Waals surface area (Å²) in [5, 5.41) is 14.4. The average molecular weight is 399 g/mol. The van der Waals surface area contributed by atoms with Gasteiger partial charge in [-0.05, 0) is 12.1 Å². The Morgan fingerprint density at radius 3 is 2.17 bits per heavy atom. The topological polar surface area (TPSA) is 109 Å². The van der Waals surface area contributed by atoms with Crippen molar-refractivity contribution in [1.82, 2.24) is 0 Å². The predicted octanol–water partition coefficient (Wildman–Crippen LogP) is 3.37. The van der Waals surface area contributed by atoms with E-state index in [1.807, 2.05) is 0 Å². The Morgan fingerprint density at radius 1 is 1.29 bits per heavy atom. The molecule has 1 heterocycles. The molecule has 2 N–H and O–H groups in total. The molecule has 24 heavy (non-hydrogen) atoms. The second-order valence-corrected chi connectivity index (χ2v) is 7.59. The second kappa shape index (κ2) is 5.70. The van der Waals surface area contributed by atoms with Crippen LogP contribution in [0.2, 0.25) is 10.0 Å². The number of alkyl halides is 3. The first-order chi connectivity index (χ1) is 10.8. The van der Waals surface area contributed by atoms with E-state index in [0.717, 1.165) is 6.26 Å². The number of benzene rings is 1. The lowest BCUT2D eigenvalue weighted by Gasteiger charge is -2.23. The van der Waals surface area contributed by atoms with Crippen molar-refractivity contribution in [2.75, 3.05) is 6.26 Å². The molecule has 1 atom stereocenters. The van der Waals surface area contributed by atoms with Gasteiger partial charge in [-0.3, -0.25) is 5.73 Å². The smallest absolute Gasteiger partial charge is 0.297 e. The monoisotopic (exact) mass is 398 g/mol. The van der Waals surface area contributed by atoms with Gasteiger partial charge in [0.25, 0.3) is 0 Å². The quantitative estimate of drug-likeness (QED) is 0.823. The molecule has 1 aromatic carbocycles. The summed E-state index contributed by atoms with van der Waals surface area (Å²) in [6, 6.07) is 2.67. The van der Waals surface area contributed by atoms with Crippen molar-refractivity contribution in [1.29, 1.82) is 5.26 Å². The van der Waals surface area contributed by atoms with E-state index in [1.54, 1.807) is 6.07 Å². The molecule has 0 saturated heterocycles. The summed E-state index contributed by atoms with van der Waals surface area (Å²) in [6.07, 6.45) is -3.93. The molecular weight excluding hydrogens is 392 g/mol. The lowest BCUT2D eigenvalue weighted by atomic mass is 9.93. The number of hydrogen-bond donors (Lipinski definition) is 1. The maximum atomic E-state index is 12.8. The van der Waals surface area contributed by atoms with Gasteiger partial charge >= 0.3 is 6.18 Å². The molecule has 2 rings (SSSR count). The van der Waals surface area contributed by atoms with Crippen LogP contribution >= 0.6 is 23.2 Å². The summed E-state index contributed by atoms with van der Waals surface area (Å²) in [7, 11) is -3.95. The first-order valence-corrected chi connectivity index (χ1v) is 8.60. The molecule has 1 unspecified atom stereocenters. The zero-order chi connectivity index (χ0) is 18.5. The molecule has 6 nitrogen and oxygen atoms in total. The van der Waals surface area contributed by atoms with Crippen LogP contribution in [0, 0.1) is 11.3 Å². The lowest BCUT2D eigenvalue weighted by molar-refractivity contribution is -0.137. The predicted molar refractivity (Wildman–Crippen MR) is 79.7 cm³/mol. The minimum absolute atomic E-state index is 0.349. The fourth-order valence-corrected chi connectivity index (χ4v) is 3.59. The van der Waals surface area contributed by atoms with Crippen LogP contribution in [0.25, 0.3) is 0 Å². The highest BCUT2D eigenvalue weighted by Gasteiger charge is 2.45. The van der Waals surface area contributed by atoms with E-state index in [4.69, 9.17) is 28.9 Å². The SMILES string of the molecule is CS(=O)(=O)C1=C(C#N)C(N)(c2c(Cl)cc(C(F)(F)F)cc2Cl)N=N1. The normalized spacial score (nSPS) is 21.2. The van der Waals surface area contributed by atoms with Crippen LogP contribution in [0.3, 0.4) is 0 Å². The van der Waals surface area contributed by atoms with Crippen LogP contribution in [0.4, 0.5) is 13.2 Å². The number of nitrogens with zero attached hydrogens (tertiary/aromatic N) is 3. The van der Waals surface area contributed by atoms with Crippen molar-refractivity contribution in [2.45, 2.75) is 11.8 Å². The number of nitriles is 1. The first kappa shape index (κ1) is 18.7. The van der Waals surface area contributed by atoms with Gasteiger partial charge in [-0.1, -0.05) is 23.2 Å². The van der Waals surface area contributed by atoms with Gasteiger partial charge in [-0.2, -0.15) is 23.5 Å². The lowest BCUT2D eigenvalue weighted by Crippen LogP contribution is -2.36. The Hall–Kier alpha value is -1.67. The molecule has 1 aliphatic rings. The maximum Gasteiger partial charge on any atom is 0.416 e. The van der Waals surface area contributed by atoms with Gasteiger partial charge in [-0.15, -0.1) is 5.11 Å². The summed E-state index contributed by atoms with van der Waals surface area (Å²) < 4.78 is 61.6. The Bertz CT molecular complexity index is 912. The van der Waals surface area contributed by atoms with E-state index in [1.165, 1.54) is 0 Å². The van der Waals surface area contributed by atoms with Gasteiger partial charge in [0.1, 0.15) is 11.6 Å². The van der Waals surface area contributed by atoms with Gasteiger partial charge in [-0.25, -0.2) is 8.42 Å². The number of halogens is 5. The molecular formula is C12H7Cl2F3N4O2S. The van der Waals surface area contributed by atoms with Crippen molar-refractivity contribution < 1.29 is 21.6 Å². The number of sulfone groups is 1. The molecule has 0 aromatic heterocycles. The largest absolute Gasteiger partial charge is 0.416 e. The van der Waals surface area contributed by atoms with Crippen molar-refractivity contribution in [2.24, 2.45) is 16.0 Å². The summed E-state index contributed by atoms with van der Waals surface area (Å²) >= 11 is 11.7. The third-order valence-electron chi connectivity index (χ3n) is 3.11. The van der Waals surface area contributed by atoms with Crippen LogP contribution < -0.4 is 5.73 Å². The molecule has 0 radical (unpaired) electrons. The summed E-state index contributed by atoms with van der Waals surface area (Å²) in [4.78, 5) is 0. The molecule has 12 heteroatoms. The van der Waals surface area contributed by atoms with E-state index >= 15 is 0 Å². The highest BCUT2D eigenvalue weighted by Crippen LogP contribution is 2.45. The van der Waals surface area contributed by atoms with Crippen LogP contribution in [0.1, 0.15) is 11.1 Å². The van der Waals surface area contributed by atoms with Gasteiger partial charge in [0.2, 0.25) is 0 Å². The number of azo groups is 1. The fraction of sp³-hybridized carbons (Fsp3) is 0.250. The van der Waals surface area contributed by atoms with E-state index in [-0.39, 0.29) is 5.56 Å². The van der Waals surface area contributed by atoms with Crippen molar-refractivity contribution in [3.8, 4) is 6.07 Å². The molecule has 0 saturated carbocycles. The summed E-state index contributed by atoms with van der Waals surface area (Å²) in [5.74, 6) is 0. The summed E-state index contributed by atoms with van der Waals surface area (Å²) in [6.45, 7) is 0. The molecule has 0 bridgehead atoms. The summed E-state index contributed by atoms with van der Waals surface area (Å²) in [5.41, 5.74) is 1.65. The standard InChI is InChI=1S/C12H7Cl2F3N4O2S/c1-24(22,23)10-6(4-18)11(19,21-20-10)9-7(13)2-5(3-8(9)14)12(15,16)17/h2-3H,19H2,1H3. The van der Waals surface area contributed by atoms with Gasteiger partial charge in [0, 0.05) is 11.8 Å².